The van der Waals surface area contributed by atoms with Crippen molar-refractivity contribution in [3.63, 3.8) is 0 Å². The van der Waals surface area contributed by atoms with Gasteiger partial charge in [0.15, 0.2) is 5.79 Å². The number of fused-ring (bicyclic) bond motifs is 2. The van der Waals surface area contributed by atoms with Crippen molar-refractivity contribution in [2.45, 2.75) is 69.0 Å². The van der Waals surface area contributed by atoms with Gasteiger partial charge in [-0.1, -0.05) is 12.8 Å². The van der Waals surface area contributed by atoms with Crippen molar-refractivity contribution in [3.05, 3.63) is 0 Å². The molecule has 0 aromatic heterocycles. The zero-order chi connectivity index (χ0) is 15.3. The Morgan fingerprint density at radius 1 is 1.00 bits per heavy atom. The first-order chi connectivity index (χ1) is 11.3. The summed E-state index contributed by atoms with van der Waals surface area (Å²) in [6.07, 6.45) is 9.12. The summed E-state index contributed by atoms with van der Waals surface area (Å²) in [5, 5.41) is 3.87. The quantitative estimate of drug-likeness (QED) is 0.859. The van der Waals surface area contributed by atoms with Gasteiger partial charge in [0.2, 0.25) is 0 Å². The number of rotatable bonds is 3. The first-order valence-electron chi connectivity index (χ1n) is 9.56. The second kappa shape index (κ2) is 5.67. The van der Waals surface area contributed by atoms with E-state index in [1.807, 2.05) is 0 Å². The normalized spacial score (nSPS) is 43.8. The Morgan fingerprint density at radius 3 is 2.65 bits per heavy atom. The smallest absolute Gasteiger partial charge is 0.173 e. The number of hydrogen-bond acceptors (Lipinski definition) is 5. The largest absolute Gasteiger partial charge is 0.381 e. The second-order valence-electron chi connectivity index (χ2n) is 8.14. The van der Waals surface area contributed by atoms with E-state index in [-0.39, 0.29) is 11.9 Å². The number of nitrogens with one attached hydrogen (secondary N) is 1. The molecule has 3 saturated heterocycles. The fourth-order valence-electron chi connectivity index (χ4n) is 5.93. The summed E-state index contributed by atoms with van der Waals surface area (Å²) in [5.74, 6) is 0.376. The van der Waals surface area contributed by atoms with E-state index in [0.29, 0.717) is 17.6 Å². The van der Waals surface area contributed by atoms with Gasteiger partial charge in [0.05, 0.1) is 32.0 Å². The summed E-state index contributed by atoms with van der Waals surface area (Å²) in [7, 11) is 0. The lowest BCUT2D eigenvalue weighted by Gasteiger charge is -2.57. The second-order valence-corrected chi connectivity index (χ2v) is 8.14. The van der Waals surface area contributed by atoms with Crippen LogP contribution < -0.4 is 5.32 Å². The zero-order valence-corrected chi connectivity index (χ0v) is 13.9. The average Bonchev–Trinajstić information content (AvgIpc) is 3.28. The molecule has 5 heteroatoms. The molecule has 5 rings (SSSR count). The summed E-state index contributed by atoms with van der Waals surface area (Å²) in [4.78, 5) is 0. The van der Waals surface area contributed by atoms with Crippen LogP contribution in [0, 0.1) is 11.3 Å². The average molecular weight is 323 g/mol. The van der Waals surface area contributed by atoms with Crippen molar-refractivity contribution in [1.82, 2.24) is 5.32 Å². The van der Waals surface area contributed by atoms with Crippen molar-refractivity contribution in [1.29, 1.82) is 0 Å². The van der Waals surface area contributed by atoms with E-state index in [9.17, 15) is 0 Å². The third-order valence-corrected chi connectivity index (χ3v) is 7.02. The Labute approximate surface area is 138 Å². The maximum atomic E-state index is 6.28. The highest BCUT2D eigenvalue weighted by molar-refractivity contribution is 5.16. The molecule has 23 heavy (non-hydrogen) atoms. The minimum Gasteiger partial charge on any atom is -0.381 e. The monoisotopic (exact) mass is 323 g/mol. The molecule has 0 bridgehead atoms. The zero-order valence-electron chi connectivity index (χ0n) is 13.9. The Hall–Kier alpha value is -0.200. The lowest BCUT2D eigenvalue weighted by Crippen LogP contribution is -2.68. The number of ether oxygens (including phenoxy) is 4. The summed E-state index contributed by atoms with van der Waals surface area (Å²) in [6.45, 7) is 4.11. The van der Waals surface area contributed by atoms with Crippen molar-refractivity contribution < 1.29 is 18.9 Å². The molecule has 2 spiro atoms. The highest BCUT2D eigenvalue weighted by Crippen LogP contribution is 2.60. The van der Waals surface area contributed by atoms with Crippen LogP contribution in [-0.4, -0.2) is 57.0 Å². The van der Waals surface area contributed by atoms with Crippen molar-refractivity contribution >= 4 is 0 Å². The summed E-state index contributed by atoms with van der Waals surface area (Å²) in [5.41, 5.74) is 0.428. The van der Waals surface area contributed by atoms with Crippen LogP contribution in [0.4, 0.5) is 0 Å². The predicted octanol–water partition coefficient (Wildman–Crippen LogP) is 1.85. The maximum absolute atomic E-state index is 6.28. The molecule has 0 aromatic rings. The molecule has 5 fully saturated rings. The van der Waals surface area contributed by atoms with Gasteiger partial charge in [-0.25, -0.2) is 0 Å². The molecule has 2 saturated carbocycles. The van der Waals surface area contributed by atoms with E-state index < -0.39 is 0 Å². The predicted molar refractivity (Wildman–Crippen MR) is 84.1 cm³/mol. The molecule has 0 radical (unpaired) electrons. The van der Waals surface area contributed by atoms with Gasteiger partial charge in [0, 0.05) is 43.4 Å². The lowest BCUT2D eigenvalue weighted by atomic mass is 9.54. The van der Waals surface area contributed by atoms with Gasteiger partial charge in [0.25, 0.3) is 0 Å². The van der Waals surface area contributed by atoms with E-state index in [2.05, 4.69) is 5.32 Å². The van der Waals surface area contributed by atoms with Crippen LogP contribution in [-0.2, 0) is 18.9 Å². The molecule has 0 amide bonds. The van der Waals surface area contributed by atoms with Gasteiger partial charge < -0.3 is 24.3 Å². The van der Waals surface area contributed by atoms with Gasteiger partial charge in [0.1, 0.15) is 0 Å². The minimum absolute atomic E-state index is 0.188. The summed E-state index contributed by atoms with van der Waals surface area (Å²) < 4.78 is 23.8. The van der Waals surface area contributed by atoms with Crippen LogP contribution in [0.25, 0.3) is 0 Å². The highest BCUT2D eigenvalue weighted by atomic mass is 16.7. The maximum Gasteiger partial charge on any atom is 0.173 e. The molecule has 130 valence electrons. The van der Waals surface area contributed by atoms with Crippen LogP contribution in [0.2, 0.25) is 0 Å². The first-order valence-corrected chi connectivity index (χ1v) is 9.56. The van der Waals surface area contributed by atoms with Crippen molar-refractivity contribution in [2.75, 3.05) is 33.0 Å². The lowest BCUT2D eigenvalue weighted by molar-refractivity contribution is -0.211. The summed E-state index contributed by atoms with van der Waals surface area (Å²) >= 11 is 0. The van der Waals surface area contributed by atoms with E-state index in [1.54, 1.807) is 0 Å². The van der Waals surface area contributed by atoms with Crippen molar-refractivity contribution in [3.8, 4) is 0 Å². The Morgan fingerprint density at radius 2 is 1.83 bits per heavy atom. The van der Waals surface area contributed by atoms with Crippen LogP contribution in [0.1, 0.15) is 44.9 Å². The highest BCUT2D eigenvalue weighted by Gasteiger charge is 2.64. The first kappa shape index (κ1) is 15.1. The van der Waals surface area contributed by atoms with E-state index in [4.69, 9.17) is 18.9 Å². The fourth-order valence-corrected chi connectivity index (χ4v) is 5.93. The molecule has 5 nitrogen and oxygen atoms in total. The van der Waals surface area contributed by atoms with Crippen LogP contribution in [0.5, 0.6) is 0 Å². The molecular weight excluding hydrogens is 294 g/mol. The summed E-state index contributed by atoms with van der Waals surface area (Å²) in [6, 6.07) is 0.632. The van der Waals surface area contributed by atoms with Gasteiger partial charge >= 0.3 is 0 Å². The molecule has 4 atom stereocenters. The molecule has 5 aliphatic rings. The third-order valence-electron chi connectivity index (χ3n) is 7.02. The van der Waals surface area contributed by atoms with Crippen LogP contribution in [0.3, 0.4) is 0 Å². The Balaban J connectivity index is 1.20. The van der Waals surface area contributed by atoms with Gasteiger partial charge in [-0.05, 0) is 19.3 Å². The molecule has 0 unspecified atom stereocenters. The minimum atomic E-state index is -0.353. The molecule has 2 aliphatic carbocycles. The van der Waals surface area contributed by atoms with Crippen LogP contribution >= 0.6 is 0 Å². The van der Waals surface area contributed by atoms with Gasteiger partial charge in [-0.2, -0.15) is 0 Å². The molecular formula is C18H29NO4. The Kier molecular flexibility index (Phi) is 3.72. The third kappa shape index (κ3) is 2.31. The van der Waals surface area contributed by atoms with E-state index in [0.717, 1.165) is 51.7 Å². The standard InChI is InChI=1S/C18H29NO4/c1-2-5-17(4-1)15(14-3-8-21-16(14)17)19-11-13-12-22-18(23-13)6-9-20-10-7-18/h13-16,19H,1-12H2/t13-,14+,15-,16+/m0/s1. The van der Waals surface area contributed by atoms with E-state index in [1.165, 1.54) is 32.1 Å². The SMILES string of the molecule is C1CCC2(C1)[C@@H]1OCC[C@@H]1[C@@H]2NC[C@H]1COC2(CCOCC2)O1. The molecule has 3 heterocycles. The Bertz CT molecular complexity index is 444. The van der Waals surface area contributed by atoms with Crippen LogP contribution in [0.15, 0.2) is 0 Å². The molecule has 3 aliphatic heterocycles. The van der Waals surface area contributed by atoms with Gasteiger partial charge in [-0.3, -0.25) is 0 Å². The van der Waals surface area contributed by atoms with E-state index >= 15 is 0 Å². The topological polar surface area (TPSA) is 49.0 Å². The van der Waals surface area contributed by atoms with Gasteiger partial charge in [-0.15, -0.1) is 0 Å². The fraction of sp³-hybridized carbons (Fsp3) is 1.00. The molecule has 1 N–H and O–H groups in total. The van der Waals surface area contributed by atoms with Crippen molar-refractivity contribution in [2.24, 2.45) is 11.3 Å². The number of hydrogen-bond donors (Lipinski definition) is 1. The molecule has 0 aromatic carbocycles.